The van der Waals surface area contributed by atoms with Crippen LogP contribution in [0.1, 0.15) is 13.8 Å². The fraction of sp³-hybridized carbons (Fsp3) is 0.400. The number of hydrogen-bond acceptors (Lipinski definition) is 2. The van der Waals surface area contributed by atoms with Gasteiger partial charge in [0.2, 0.25) is 0 Å². The molecule has 0 amide bonds. The molecule has 64 valence electrons. The first-order valence-electron chi connectivity index (χ1n) is 4.38. The minimum atomic E-state index is 0.601. The third-order valence-corrected chi connectivity index (χ3v) is 2.27. The van der Waals surface area contributed by atoms with Crippen LogP contribution in [-0.2, 0) is 0 Å². The zero-order valence-corrected chi connectivity index (χ0v) is 7.54. The molecule has 0 saturated heterocycles. The Kier molecular flexibility index (Phi) is 1.68. The normalized spacial score (nSPS) is 20.4. The highest BCUT2D eigenvalue weighted by atomic mass is 15.3. The SMILES string of the molecule is CC(C)C1=CC=CN2CNC=C12. The van der Waals surface area contributed by atoms with Gasteiger partial charge >= 0.3 is 0 Å². The lowest BCUT2D eigenvalue weighted by atomic mass is 9.98. The van der Waals surface area contributed by atoms with Gasteiger partial charge in [-0.2, -0.15) is 0 Å². The fourth-order valence-corrected chi connectivity index (χ4v) is 1.62. The van der Waals surface area contributed by atoms with Gasteiger partial charge in [0.25, 0.3) is 0 Å². The molecule has 2 heteroatoms. The topological polar surface area (TPSA) is 15.3 Å². The maximum absolute atomic E-state index is 3.22. The zero-order valence-electron chi connectivity index (χ0n) is 7.54. The smallest absolute Gasteiger partial charge is 0.0916 e. The van der Waals surface area contributed by atoms with Crippen LogP contribution >= 0.6 is 0 Å². The van der Waals surface area contributed by atoms with Gasteiger partial charge in [0, 0.05) is 12.4 Å². The minimum absolute atomic E-state index is 0.601. The highest BCUT2D eigenvalue weighted by Gasteiger charge is 2.20. The van der Waals surface area contributed by atoms with Crippen LogP contribution in [0.5, 0.6) is 0 Å². The van der Waals surface area contributed by atoms with E-state index in [0.29, 0.717) is 5.92 Å². The number of hydrogen-bond donors (Lipinski definition) is 1. The molecule has 2 aliphatic heterocycles. The first-order valence-corrected chi connectivity index (χ1v) is 4.38. The summed E-state index contributed by atoms with van der Waals surface area (Å²) in [5.41, 5.74) is 2.75. The molecule has 0 aromatic rings. The number of nitrogens with one attached hydrogen (secondary N) is 1. The molecule has 0 atom stereocenters. The second kappa shape index (κ2) is 2.70. The van der Waals surface area contributed by atoms with Crippen molar-refractivity contribution in [3.63, 3.8) is 0 Å². The van der Waals surface area contributed by atoms with Gasteiger partial charge in [0.05, 0.1) is 12.4 Å². The van der Waals surface area contributed by atoms with E-state index in [0.717, 1.165) is 6.67 Å². The van der Waals surface area contributed by atoms with E-state index < -0.39 is 0 Å². The lowest BCUT2D eigenvalue weighted by Crippen LogP contribution is -2.21. The molecule has 2 heterocycles. The van der Waals surface area contributed by atoms with Crippen molar-refractivity contribution in [2.24, 2.45) is 5.92 Å². The van der Waals surface area contributed by atoms with Crippen molar-refractivity contribution in [2.75, 3.05) is 6.67 Å². The second-order valence-corrected chi connectivity index (χ2v) is 3.48. The van der Waals surface area contributed by atoms with Crippen LogP contribution in [0, 0.1) is 5.92 Å². The number of fused-ring (bicyclic) bond motifs is 1. The van der Waals surface area contributed by atoms with Gasteiger partial charge in [0.1, 0.15) is 0 Å². The van der Waals surface area contributed by atoms with E-state index in [2.05, 4.69) is 48.6 Å². The average Bonchev–Trinajstić information content (AvgIpc) is 2.49. The van der Waals surface area contributed by atoms with Gasteiger partial charge in [-0.1, -0.05) is 19.9 Å². The summed E-state index contributed by atoms with van der Waals surface area (Å²) in [5, 5.41) is 3.22. The van der Waals surface area contributed by atoms with Crippen molar-refractivity contribution in [2.45, 2.75) is 13.8 Å². The molecule has 2 rings (SSSR count). The van der Waals surface area contributed by atoms with Gasteiger partial charge in [0.15, 0.2) is 0 Å². The first-order chi connectivity index (χ1) is 5.79. The molecule has 0 aliphatic carbocycles. The van der Waals surface area contributed by atoms with Gasteiger partial charge in [-0.25, -0.2) is 0 Å². The highest BCUT2D eigenvalue weighted by molar-refractivity contribution is 5.40. The Morgan fingerprint density at radius 3 is 3.08 bits per heavy atom. The summed E-state index contributed by atoms with van der Waals surface area (Å²) in [6.07, 6.45) is 8.51. The molecule has 1 N–H and O–H groups in total. The van der Waals surface area contributed by atoms with Crippen LogP contribution < -0.4 is 5.32 Å². The summed E-state index contributed by atoms with van der Waals surface area (Å²) >= 11 is 0. The predicted octanol–water partition coefficient (Wildman–Crippen LogP) is 1.80. The molecule has 0 unspecified atom stereocenters. The van der Waals surface area contributed by atoms with Gasteiger partial charge in [-0.15, -0.1) is 0 Å². The van der Waals surface area contributed by atoms with E-state index in [9.17, 15) is 0 Å². The first kappa shape index (κ1) is 7.47. The summed E-state index contributed by atoms with van der Waals surface area (Å²) in [6, 6.07) is 0. The standard InChI is InChI=1S/C10H14N2/c1-8(2)9-4-3-5-12-7-11-6-10(9)12/h3-6,8,11H,7H2,1-2H3. The van der Waals surface area contributed by atoms with Crippen molar-refractivity contribution in [3.05, 3.63) is 35.8 Å². The molecule has 0 spiro atoms. The molecule has 0 radical (unpaired) electrons. The maximum atomic E-state index is 3.22. The van der Waals surface area contributed by atoms with Gasteiger partial charge in [-0.3, -0.25) is 0 Å². The molecule has 2 nitrogen and oxygen atoms in total. The Morgan fingerprint density at radius 1 is 1.50 bits per heavy atom. The second-order valence-electron chi connectivity index (χ2n) is 3.48. The van der Waals surface area contributed by atoms with E-state index in [1.54, 1.807) is 0 Å². The highest BCUT2D eigenvalue weighted by Crippen LogP contribution is 2.27. The molecule has 0 saturated carbocycles. The van der Waals surface area contributed by atoms with E-state index >= 15 is 0 Å². The fourth-order valence-electron chi connectivity index (χ4n) is 1.62. The van der Waals surface area contributed by atoms with Crippen LogP contribution in [0.4, 0.5) is 0 Å². The summed E-state index contributed by atoms with van der Waals surface area (Å²) < 4.78 is 0. The molecule has 0 aromatic carbocycles. The lowest BCUT2D eigenvalue weighted by Gasteiger charge is -2.23. The molecule has 0 bridgehead atoms. The molecule has 2 aliphatic rings. The third-order valence-electron chi connectivity index (χ3n) is 2.27. The predicted molar refractivity (Wildman–Crippen MR) is 50.0 cm³/mol. The van der Waals surface area contributed by atoms with Crippen LogP contribution in [-0.4, -0.2) is 11.6 Å². The van der Waals surface area contributed by atoms with E-state index in [1.807, 2.05) is 0 Å². The number of nitrogens with zero attached hydrogens (tertiary/aromatic N) is 1. The van der Waals surface area contributed by atoms with Crippen molar-refractivity contribution >= 4 is 0 Å². The van der Waals surface area contributed by atoms with Crippen LogP contribution in [0.2, 0.25) is 0 Å². The molecular formula is C10H14N2. The van der Waals surface area contributed by atoms with E-state index in [1.165, 1.54) is 11.3 Å². The zero-order chi connectivity index (χ0) is 8.55. The average molecular weight is 162 g/mol. The van der Waals surface area contributed by atoms with Crippen LogP contribution in [0.3, 0.4) is 0 Å². The monoisotopic (exact) mass is 162 g/mol. The number of rotatable bonds is 1. The molecular weight excluding hydrogens is 148 g/mol. The van der Waals surface area contributed by atoms with Crippen molar-refractivity contribution < 1.29 is 0 Å². The quantitative estimate of drug-likeness (QED) is 0.632. The maximum Gasteiger partial charge on any atom is 0.0916 e. The third kappa shape index (κ3) is 1.04. The Balaban J connectivity index is 2.32. The minimum Gasteiger partial charge on any atom is -0.372 e. The number of allylic oxidation sites excluding steroid dienone is 3. The summed E-state index contributed by atoms with van der Waals surface area (Å²) in [6.45, 7) is 5.36. The van der Waals surface area contributed by atoms with Crippen LogP contribution in [0.25, 0.3) is 0 Å². The molecule has 12 heavy (non-hydrogen) atoms. The van der Waals surface area contributed by atoms with Crippen molar-refractivity contribution in [3.8, 4) is 0 Å². The summed E-state index contributed by atoms with van der Waals surface area (Å²) in [5.74, 6) is 0.601. The van der Waals surface area contributed by atoms with Gasteiger partial charge < -0.3 is 10.2 Å². The summed E-state index contributed by atoms with van der Waals surface area (Å²) in [4.78, 5) is 2.23. The largest absolute Gasteiger partial charge is 0.372 e. The van der Waals surface area contributed by atoms with Crippen LogP contribution in [0.15, 0.2) is 35.8 Å². The molecule has 0 aromatic heterocycles. The van der Waals surface area contributed by atoms with Gasteiger partial charge in [-0.05, 0) is 17.6 Å². The van der Waals surface area contributed by atoms with E-state index in [-0.39, 0.29) is 0 Å². The van der Waals surface area contributed by atoms with E-state index in [4.69, 9.17) is 0 Å². The summed E-state index contributed by atoms with van der Waals surface area (Å²) in [7, 11) is 0. The molecule has 0 fully saturated rings. The Bertz CT molecular complexity index is 272. The Labute approximate surface area is 73.3 Å². The lowest BCUT2D eigenvalue weighted by molar-refractivity contribution is 0.480. The van der Waals surface area contributed by atoms with Crippen molar-refractivity contribution in [1.29, 1.82) is 0 Å². The van der Waals surface area contributed by atoms with Crippen molar-refractivity contribution in [1.82, 2.24) is 10.2 Å². The Morgan fingerprint density at radius 2 is 2.33 bits per heavy atom. The Hall–Kier alpha value is -1.18.